The van der Waals surface area contributed by atoms with E-state index in [0.717, 1.165) is 11.3 Å². The molecular weight excluding hydrogens is 235 g/mol. The number of aryl methyl sites for hydroxylation is 1. The molecule has 1 aliphatic carbocycles. The zero-order valence-corrected chi connectivity index (χ0v) is 9.55. The molecule has 3 rings (SSSR count). The number of nitrogens with zero attached hydrogens (tertiary/aromatic N) is 4. The maximum atomic E-state index is 6.06. The first kappa shape index (κ1) is 9.36. The molecule has 1 aliphatic rings. The van der Waals surface area contributed by atoms with E-state index in [4.69, 9.17) is 23.2 Å². The Kier molecular flexibility index (Phi) is 1.91. The van der Waals surface area contributed by atoms with E-state index in [9.17, 15) is 0 Å². The van der Waals surface area contributed by atoms with Crippen molar-refractivity contribution >= 4 is 34.4 Å². The summed E-state index contributed by atoms with van der Waals surface area (Å²) in [6, 6.07) is 0.511. The van der Waals surface area contributed by atoms with Crippen molar-refractivity contribution in [2.24, 2.45) is 0 Å². The number of fused-ring (bicyclic) bond motifs is 1. The highest BCUT2D eigenvalue weighted by Crippen LogP contribution is 2.39. The number of rotatable bonds is 1. The van der Waals surface area contributed by atoms with Crippen LogP contribution >= 0.6 is 23.2 Å². The lowest BCUT2D eigenvalue weighted by Gasteiger charge is -2.03. The molecule has 0 saturated heterocycles. The molecule has 0 unspecified atom stereocenters. The van der Waals surface area contributed by atoms with Gasteiger partial charge in [-0.2, -0.15) is 4.98 Å². The number of hydrogen-bond acceptors (Lipinski definition) is 3. The Morgan fingerprint density at radius 3 is 2.60 bits per heavy atom. The van der Waals surface area contributed by atoms with E-state index in [1.165, 1.54) is 12.8 Å². The van der Waals surface area contributed by atoms with Gasteiger partial charge in [0.25, 0.3) is 0 Å². The van der Waals surface area contributed by atoms with Crippen LogP contribution < -0.4 is 0 Å². The Morgan fingerprint density at radius 2 is 1.93 bits per heavy atom. The highest BCUT2D eigenvalue weighted by molar-refractivity contribution is 6.35. The molecule has 2 aromatic rings. The molecule has 0 aromatic carbocycles. The van der Waals surface area contributed by atoms with E-state index < -0.39 is 0 Å². The average molecular weight is 243 g/mol. The van der Waals surface area contributed by atoms with E-state index in [0.29, 0.717) is 16.8 Å². The third kappa shape index (κ3) is 1.40. The van der Waals surface area contributed by atoms with Crippen LogP contribution in [0.3, 0.4) is 0 Å². The fourth-order valence-electron chi connectivity index (χ4n) is 1.83. The zero-order valence-electron chi connectivity index (χ0n) is 8.04. The summed E-state index contributed by atoms with van der Waals surface area (Å²) in [6.45, 7) is 1.95. The first-order valence-electron chi connectivity index (χ1n) is 4.74. The smallest absolute Gasteiger partial charge is 0.225 e. The summed E-state index contributed by atoms with van der Waals surface area (Å²) in [5.41, 5.74) is 1.39. The Balaban J connectivity index is 2.38. The van der Waals surface area contributed by atoms with Gasteiger partial charge in [-0.3, -0.25) is 0 Å². The van der Waals surface area contributed by atoms with E-state index in [1.54, 1.807) is 0 Å². The van der Waals surface area contributed by atoms with Crippen molar-refractivity contribution in [2.75, 3.05) is 0 Å². The molecule has 0 radical (unpaired) electrons. The summed E-state index contributed by atoms with van der Waals surface area (Å²) in [4.78, 5) is 12.3. The van der Waals surface area contributed by atoms with Gasteiger partial charge in [0.05, 0.1) is 0 Å². The van der Waals surface area contributed by atoms with Crippen LogP contribution in [-0.4, -0.2) is 19.5 Å². The summed E-state index contributed by atoms with van der Waals surface area (Å²) in [6.07, 6.45) is 2.34. The highest BCUT2D eigenvalue weighted by Gasteiger charge is 2.28. The minimum atomic E-state index is 0.146. The molecule has 15 heavy (non-hydrogen) atoms. The van der Waals surface area contributed by atoms with Crippen molar-refractivity contribution in [3.8, 4) is 0 Å². The summed E-state index contributed by atoms with van der Waals surface area (Å²) < 4.78 is 2.11. The van der Waals surface area contributed by atoms with Crippen molar-refractivity contribution < 1.29 is 0 Å². The SMILES string of the molecule is Cc1nc2nc(Cl)nc(Cl)c2n1C1CC1. The molecule has 0 amide bonds. The predicted molar refractivity (Wildman–Crippen MR) is 58.4 cm³/mol. The van der Waals surface area contributed by atoms with Gasteiger partial charge in [-0.1, -0.05) is 11.6 Å². The highest BCUT2D eigenvalue weighted by atomic mass is 35.5. The Labute approximate surface area is 96.3 Å². The van der Waals surface area contributed by atoms with Crippen LogP contribution in [0.1, 0.15) is 24.7 Å². The topological polar surface area (TPSA) is 43.6 Å². The molecule has 1 saturated carbocycles. The van der Waals surface area contributed by atoms with Gasteiger partial charge >= 0.3 is 0 Å². The number of halogens is 2. The van der Waals surface area contributed by atoms with Gasteiger partial charge in [-0.25, -0.2) is 9.97 Å². The third-order valence-corrected chi connectivity index (χ3v) is 3.00. The second kappa shape index (κ2) is 3.06. The van der Waals surface area contributed by atoms with Crippen molar-refractivity contribution in [3.63, 3.8) is 0 Å². The monoisotopic (exact) mass is 242 g/mol. The Hall–Kier alpha value is -0.870. The van der Waals surface area contributed by atoms with Crippen molar-refractivity contribution in [1.82, 2.24) is 19.5 Å². The quantitative estimate of drug-likeness (QED) is 0.571. The Bertz CT molecular complexity index is 545. The van der Waals surface area contributed by atoms with Crippen LogP contribution in [0.4, 0.5) is 0 Å². The van der Waals surface area contributed by atoms with Crippen LogP contribution in [0.2, 0.25) is 10.4 Å². The average Bonchev–Trinajstić information content (AvgIpc) is 2.89. The molecule has 1 fully saturated rings. The zero-order chi connectivity index (χ0) is 10.6. The van der Waals surface area contributed by atoms with Gasteiger partial charge in [0.2, 0.25) is 5.28 Å². The van der Waals surface area contributed by atoms with Gasteiger partial charge in [0, 0.05) is 6.04 Å². The maximum absolute atomic E-state index is 6.06. The first-order chi connectivity index (χ1) is 7.16. The lowest BCUT2D eigenvalue weighted by molar-refractivity contribution is 0.733. The Morgan fingerprint density at radius 1 is 1.20 bits per heavy atom. The second-order valence-electron chi connectivity index (χ2n) is 3.72. The van der Waals surface area contributed by atoms with Gasteiger partial charge in [-0.15, -0.1) is 0 Å². The molecule has 0 aliphatic heterocycles. The molecule has 2 heterocycles. The van der Waals surface area contributed by atoms with Crippen LogP contribution in [0.15, 0.2) is 0 Å². The largest absolute Gasteiger partial charge is 0.321 e. The van der Waals surface area contributed by atoms with E-state index in [1.807, 2.05) is 6.92 Å². The number of imidazole rings is 1. The molecule has 78 valence electrons. The van der Waals surface area contributed by atoms with E-state index in [2.05, 4.69) is 19.5 Å². The fourth-order valence-corrected chi connectivity index (χ4v) is 2.29. The summed E-state index contributed by atoms with van der Waals surface area (Å²) in [5.74, 6) is 0.922. The lowest BCUT2D eigenvalue weighted by Crippen LogP contribution is -1.97. The van der Waals surface area contributed by atoms with E-state index in [-0.39, 0.29) is 5.28 Å². The molecule has 0 spiro atoms. The second-order valence-corrected chi connectivity index (χ2v) is 4.41. The minimum Gasteiger partial charge on any atom is -0.321 e. The summed E-state index contributed by atoms with van der Waals surface area (Å²) >= 11 is 11.8. The molecule has 6 heteroatoms. The summed E-state index contributed by atoms with van der Waals surface area (Å²) in [5, 5.41) is 0.533. The lowest BCUT2D eigenvalue weighted by atomic mass is 10.5. The van der Waals surface area contributed by atoms with E-state index >= 15 is 0 Å². The minimum absolute atomic E-state index is 0.146. The number of hydrogen-bond donors (Lipinski definition) is 0. The van der Waals surface area contributed by atoms with Crippen molar-refractivity contribution in [3.05, 3.63) is 16.3 Å². The van der Waals surface area contributed by atoms with Crippen LogP contribution in [0, 0.1) is 6.92 Å². The molecule has 0 atom stereocenters. The van der Waals surface area contributed by atoms with Gasteiger partial charge < -0.3 is 4.57 Å². The predicted octanol–water partition coefficient (Wildman–Crippen LogP) is 2.78. The number of aromatic nitrogens is 4. The van der Waals surface area contributed by atoms with Crippen molar-refractivity contribution in [2.45, 2.75) is 25.8 Å². The van der Waals surface area contributed by atoms with Gasteiger partial charge in [0.15, 0.2) is 10.8 Å². The van der Waals surface area contributed by atoms with Gasteiger partial charge in [-0.05, 0) is 31.4 Å². The molecular formula is C9H8Cl2N4. The first-order valence-corrected chi connectivity index (χ1v) is 5.50. The maximum Gasteiger partial charge on any atom is 0.225 e. The molecule has 2 aromatic heterocycles. The summed E-state index contributed by atoms with van der Waals surface area (Å²) in [7, 11) is 0. The molecule has 0 N–H and O–H groups in total. The normalized spacial score (nSPS) is 16.2. The molecule has 0 bridgehead atoms. The standard InChI is InChI=1S/C9H8Cl2N4/c1-4-12-8-6(15(4)5-2-3-5)7(10)13-9(11)14-8/h5H,2-3H2,1H3. The fraction of sp³-hybridized carbons (Fsp3) is 0.444. The van der Waals surface area contributed by atoms with Crippen LogP contribution in [0.5, 0.6) is 0 Å². The third-order valence-electron chi connectivity index (χ3n) is 2.57. The van der Waals surface area contributed by atoms with Crippen LogP contribution in [-0.2, 0) is 0 Å². The van der Waals surface area contributed by atoms with Crippen LogP contribution in [0.25, 0.3) is 11.2 Å². The van der Waals surface area contributed by atoms with Crippen molar-refractivity contribution in [1.29, 1.82) is 0 Å². The molecule has 4 nitrogen and oxygen atoms in total. The van der Waals surface area contributed by atoms with Gasteiger partial charge in [0.1, 0.15) is 11.3 Å².